The van der Waals surface area contributed by atoms with Gasteiger partial charge in [-0.05, 0) is 47.2 Å². The molecule has 2 N–H and O–H groups in total. The summed E-state index contributed by atoms with van der Waals surface area (Å²) >= 11 is 24.5. The number of rotatable bonds is 6. The Hall–Kier alpha value is -1.13. The van der Waals surface area contributed by atoms with E-state index in [1.54, 1.807) is 0 Å². The van der Waals surface area contributed by atoms with Gasteiger partial charge in [-0.1, -0.05) is 35.3 Å². The highest BCUT2D eigenvalue weighted by atomic mass is 35.5. The fourth-order valence-electron chi connectivity index (χ4n) is 4.14. The molecule has 2 aromatic carbocycles. The maximum Gasteiger partial charge on any atom is 0.151 e. The summed E-state index contributed by atoms with van der Waals surface area (Å²) in [5.41, 5.74) is 5.87. The van der Waals surface area contributed by atoms with Crippen LogP contribution in [0.5, 0.6) is 0 Å². The minimum atomic E-state index is -0.203. The molecule has 0 fully saturated rings. The number of nitrogens with one attached hydrogen (secondary N) is 2. The first-order valence-electron chi connectivity index (χ1n) is 9.31. The molecule has 0 aromatic heterocycles. The summed E-state index contributed by atoms with van der Waals surface area (Å²) in [6.07, 6.45) is 1.37. The van der Waals surface area contributed by atoms with Crippen molar-refractivity contribution in [3.05, 3.63) is 56.6 Å². The first kappa shape index (κ1) is 20.2. The van der Waals surface area contributed by atoms with E-state index in [-0.39, 0.29) is 17.6 Å². The lowest BCUT2D eigenvalue weighted by Gasteiger charge is -2.17. The van der Waals surface area contributed by atoms with Crippen molar-refractivity contribution in [1.82, 2.24) is 0 Å². The van der Waals surface area contributed by atoms with Gasteiger partial charge in [0.25, 0.3) is 0 Å². The molecule has 148 valence electrons. The average Bonchev–Trinajstić information content (AvgIpc) is 3.26. The normalized spacial score (nSPS) is 19.7. The Labute approximate surface area is 184 Å². The van der Waals surface area contributed by atoms with Crippen LogP contribution in [0.1, 0.15) is 34.1 Å². The van der Waals surface area contributed by atoms with Gasteiger partial charge in [-0.25, -0.2) is 0 Å². The molecule has 2 heterocycles. The van der Waals surface area contributed by atoms with Crippen LogP contribution in [0.4, 0.5) is 11.4 Å². The topological polar surface area (TPSA) is 41.1 Å². The van der Waals surface area contributed by atoms with Crippen molar-refractivity contribution in [1.29, 1.82) is 0 Å². The summed E-state index contributed by atoms with van der Waals surface area (Å²) in [6, 6.07) is 7.88. The zero-order chi connectivity index (χ0) is 19.8. The maximum atomic E-state index is 13.5. The summed E-state index contributed by atoms with van der Waals surface area (Å²) < 4.78 is 0. The lowest BCUT2D eigenvalue weighted by molar-refractivity contribution is -0.121. The number of fused-ring (bicyclic) bond motifs is 2. The molecule has 0 spiro atoms. The molecule has 4 rings (SSSR count). The number of hydrogen-bond acceptors (Lipinski definition) is 3. The van der Waals surface area contributed by atoms with Crippen LogP contribution in [0.3, 0.4) is 0 Å². The van der Waals surface area contributed by atoms with Gasteiger partial charge in [0.05, 0.1) is 11.8 Å². The molecule has 3 nitrogen and oxygen atoms in total. The number of anilines is 2. The number of halogens is 4. The van der Waals surface area contributed by atoms with E-state index in [1.807, 2.05) is 24.3 Å². The third-order valence-corrected chi connectivity index (χ3v) is 6.68. The lowest BCUT2D eigenvalue weighted by Crippen LogP contribution is -2.23. The van der Waals surface area contributed by atoms with Crippen molar-refractivity contribution in [2.24, 2.45) is 0 Å². The Balaban J connectivity index is 1.65. The maximum absolute atomic E-state index is 13.5. The van der Waals surface area contributed by atoms with Crippen LogP contribution in [-0.2, 0) is 17.6 Å². The average molecular weight is 458 g/mol. The van der Waals surface area contributed by atoms with Gasteiger partial charge in [0.2, 0.25) is 0 Å². The number of ketones is 1. The minimum absolute atomic E-state index is 0.203. The smallest absolute Gasteiger partial charge is 0.151 e. The molecule has 2 aromatic rings. The summed E-state index contributed by atoms with van der Waals surface area (Å²) in [7, 11) is 0. The van der Waals surface area contributed by atoms with Crippen LogP contribution >= 0.6 is 46.4 Å². The van der Waals surface area contributed by atoms with Gasteiger partial charge >= 0.3 is 0 Å². The number of benzene rings is 2. The van der Waals surface area contributed by atoms with Crippen LogP contribution in [-0.4, -0.2) is 30.6 Å². The minimum Gasteiger partial charge on any atom is -0.384 e. The van der Waals surface area contributed by atoms with E-state index in [0.29, 0.717) is 47.7 Å². The van der Waals surface area contributed by atoms with Gasteiger partial charge in [0, 0.05) is 46.3 Å². The second kappa shape index (κ2) is 8.31. The number of alkyl halides is 2. The van der Waals surface area contributed by atoms with Crippen LogP contribution in [0.15, 0.2) is 24.3 Å². The molecule has 0 saturated heterocycles. The predicted octanol–water partition coefficient (Wildman–Crippen LogP) is 5.84. The number of carbonyl (C=O) groups is 1. The second-order valence-corrected chi connectivity index (χ2v) is 8.78. The third-order valence-electron chi connectivity index (χ3n) is 5.60. The van der Waals surface area contributed by atoms with Gasteiger partial charge in [0.15, 0.2) is 5.78 Å². The van der Waals surface area contributed by atoms with E-state index in [1.165, 1.54) is 0 Å². The number of hydrogen-bond donors (Lipinski definition) is 2. The molecule has 2 aliphatic rings. The van der Waals surface area contributed by atoms with Gasteiger partial charge in [-0.3, -0.25) is 4.79 Å². The molecule has 2 aliphatic heterocycles. The zero-order valence-electron chi connectivity index (χ0n) is 15.1. The Morgan fingerprint density at radius 3 is 1.64 bits per heavy atom. The highest BCUT2D eigenvalue weighted by Crippen LogP contribution is 2.42. The molecule has 2 atom stereocenters. The molecule has 28 heavy (non-hydrogen) atoms. The van der Waals surface area contributed by atoms with Crippen molar-refractivity contribution < 1.29 is 4.79 Å². The molecule has 0 amide bonds. The van der Waals surface area contributed by atoms with Crippen LogP contribution in [0, 0.1) is 0 Å². The van der Waals surface area contributed by atoms with E-state index in [4.69, 9.17) is 46.4 Å². The van der Waals surface area contributed by atoms with Crippen LogP contribution in [0.2, 0.25) is 10.0 Å². The monoisotopic (exact) mass is 456 g/mol. The van der Waals surface area contributed by atoms with Crippen molar-refractivity contribution in [3.63, 3.8) is 0 Å². The summed E-state index contributed by atoms with van der Waals surface area (Å²) in [5.74, 6) is 0.789. The Morgan fingerprint density at radius 2 is 1.25 bits per heavy atom. The van der Waals surface area contributed by atoms with Crippen molar-refractivity contribution in [3.8, 4) is 0 Å². The summed E-state index contributed by atoms with van der Waals surface area (Å²) in [4.78, 5) is 13.5. The highest BCUT2D eigenvalue weighted by molar-refractivity contribution is 6.32. The van der Waals surface area contributed by atoms with Crippen molar-refractivity contribution >= 4 is 63.6 Å². The van der Waals surface area contributed by atoms with Gasteiger partial charge in [-0.15, -0.1) is 23.2 Å². The molecule has 2 unspecified atom stereocenters. The van der Waals surface area contributed by atoms with Gasteiger partial charge in [-0.2, -0.15) is 0 Å². The molecule has 7 heteroatoms. The standard InChI is InChI=1S/C21H20Cl4N2O/c22-3-1-11-5-13-15(9-26-19(13)7-17(11)24)21(28)16-10-27-20-8-18(25)12(2-4-23)6-14(16)20/h5-8,15-16,26-27H,1-4,9-10H2. The zero-order valence-corrected chi connectivity index (χ0v) is 18.2. The summed E-state index contributed by atoms with van der Waals surface area (Å²) in [6.45, 7) is 1.17. The number of carbonyl (C=O) groups excluding carboxylic acids is 1. The SMILES string of the molecule is O=C(C1CNc2cc(Cl)c(CCCl)cc21)C1CNc2cc(Cl)c(CCCl)cc21. The molecule has 0 aliphatic carbocycles. The molecule has 0 bridgehead atoms. The molecule has 0 radical (unpaired) electrons. The number of Topliss-reactive ketones (excluding diaryl/α,β-unsaturated/α-hetero) is 1. The first-order valence-corrected chi connectivity index (χ1v) is 11.1. The molecular formula is C21H20Cl4N2O. The Bertz CT molecular complexity index is 858. The molecule has 0 saturated carbocycles. The first-order chi connectivity index (χ1) is 13.5. The Morgan fingerprint density at radius 1 is 0.821 bits per heavy atom. The fraction of sp³-hybridized carbons (Fsp3) is 0.381. The van der Waals surface area contributed by atoms with Crippen LogP contribution < -0.4 is 10.6 Å². The van der Waals surface area contributed by atoms with E-state index in [9.17, 15) is 4.79 Å². The quantitative estimate of drug-likeness (QED) is 0.535. The molecular weight excluding hydrogens is 438 g/mol. The largest absolute Gasteiger partial charge is 0.384 e. The van der Waals surface area contributed by atoms with Crippen molar-refractivity contribution in [2.45, 2.75) is 24.7 Å². The van der Waals surface area contributed by atoms with Crippen LogP contribution in [0.25, 0.3) is 0 Å². The summed E-state index contributed by atoms with van der Waals surface area (Å²) in [5, 5.41) is 8.04. The van der Waals surface area contributed by atoms with E-state index in [0.717, 1.165) is 33.6 Å². The second-order valence-electron chi connectivity index (χ2n) is 7.21. The van der Waals surface area contributed by atoms with Crippen molar-refractivity contribution in [2.75, 3.05) is 35.5 Å². The fourth-order valence-corrected chi connectivity index (χ4v) is 5.06. The Kier molecular flexibility index (Phi) is 5.98. The van der Waals surface area contributed by atoms with E-state index >= 15 is 0 Å². The van der Waals surface area contributed by atoms with Gasteiger partial charge in [0.1, 0.15) is 0 Å². The lowest BCUT2D eigenvalue weighted by atomic mass is 9.84. The predicted molar refractivity (Wildman–Crippen MR) is 119 cm³/mol. The third kappa shape index (κ3) is 3.59. The van der Waals surface area contributed by atoms with E-state index in [2.05, 4.69) is 10.6 Å². The highest BCUT2D eigenvalue weighted by Gasteiger charge is 2.37. The number of aryl methyl sites for hydroxylation is 2. The van der Waals surface area contributed by atoms with E-state index < -0.39 is 0 Å². The van der Waals surface area contributed by atoms with Gasteiger partial charge < -0.3 is 10.6 Å².